The zero-order valence-electron chi connectivity index (χ0n) is 10.6. The highest BCUT2D eigenvalue weighted by Gasteiger charge is 2.08. The van der Waals surface area contributed by atoms with Crippen LogP contribution in [0.1, 0.15) is 24.4 Å². The summed E-state index contributed by atoms with van der Waals surface area (Å²) in [5.41, 5.74) is 1.27. The molecule has 96 valence electrons. The van der Waals surface area contributed by atoms with Crippen LogP contribution in [-0.2, 0) is 13.5 Å². The van der Waals surface area contributed by atoms with Crippen LogP contribution in [0, 0.1) is 0 Å². The Labute approximate surface area is 116 Å². The number of nitrogens with one attached hydrogen (secondary N) is 1. The molecule has 0 bridgehead atoms. The average molecular weight is 309 g/mol. The number of nitrogens with zero attached hydrogens (tertiary/aromatic N) is 3. The Morgan fingerprint density at radius 1 is 1.39 bits per heavy atom. The van der Waals surface area contributed by atoms with E-state index in [1.807, 2.05) is 17.7 Å². The minimum absolute atomic E-state index is 0.314. The molecular formula is C13H17BrN4. The fourth-order valence-electron chi connectivity index (χ4n) is 1.87. The lowest BCUT2D eigenvalue weighted by Crippen LogP contribution is -2.22. The van der Waals surface area contributed by atoms with E-state index in [0.717, 1.165) is 23.3 Å². The first kappa shape index (κ1) is 13.2. The summed E-state index contributed by atoms with van der Waals surface area (Å²) in [5.74, 6) is 1.00. The quantitative estimate of drug-likeness (QED) is 0.922. The van der Waals surface area contributed by atoms with Gasteiger partial charge < -0.3 is 9.88 Å². The molecule has 1 aromatic carbocycles. The Kier molecular flexibility index (Phi) is 4.49. The predicted molar refractivity (Wildman–Crippen MR) is 75.3 cm³/mol. The monoisotopic (exact) mass is 308 g/mol. The van der Waals surface area contributed by atoms with Gasteiger partial charge in [-0.1, -0.05) is 34.1 Å². The molecule has 1 aromatic heterocycles. The lowest BCUT2D eigenvalue weighted by Gasteiger charge is -2.15. The molecule has 1 atom stereocenters. The first-order chi connectivity index (χ1) is 8.68. The molecule has 1 unspecified atom stereocenters. The van der Waals surface area contributed by atoms with Crippen molar-refractivity contribution in [3.8, 4) is 0 Å². The molecule has 1 heterocycles. The van der Waals surface area contributed by atoms with Crippen LogP contribution in [0.25, 0.3) is 0 Å². The topological polar surface area (TPSA) is 42.7 Å². The van der Waals surface area contributed by atoms with Crippen molar-refractivity contribution >= 4 is 15.9 Å². The van der Waals surface area contributed by atoms with Crippen molar-refractivity contribution in [2.24, 2.45) is 7.05 Å². The van der Waals surface area contributed by atoms with E-state index in [1.165, 1.54) is 5.56 Å². The number of benzene rings is 1. The van der Waals surface area contributed by atoms with Crippen LogP contribution >= 0.6 is 15.9 Å². The van der Waals surface area contributed by atoms with E-state index in [4.69, 9.17) is 0 Å². The van der Waals surface area contributed by atoms with Crippen molar-refractivity contribution in [1.29, 1.82) is 0 Å². The van der Waals surface area contributed by atoms with Gasteiger partial charge in [0.05, 0.1) is 0 Å². The summed E-state index contributed by atoms with van der Waals surface area (Å²) in [6.45, 7) is 3.05. The zero-order valence-corrected chi connectivity index (χ0v) is 12.2. The molecule has 18 heavy (non-hydrogen) atoms. The summed E-state index contributed by atoms with van der Waals surface area (Å²) >= 11 is 3.57. The maximum Gasteiger partial charge on any atom is 0.133 e. The molecule has 0 spiro atoms. The number of rotatable bonds is 5. The third kappa shape index (κ3) is 3.17. The van der Waals surface area contributed by atoms with Crippen LogP contribution in [0.3, 0.4) is 0 Å². The van der Waals surface area contributed by atoms with Gasteiger partial charge >= 0.3 is 0 Å². The maximum absolute atomic E-state index is 4.07. The summed E-state index contributed by atoms with van der Waals surface area (Å²) in [7, 11) is 1.96. The molecular weight excluding hydrogens is 292 g/mol. The van der Waals surface area contributed by atoms with Crippen LogP contribution in [0.5, 0.6) is 0 Å². The third-order valence-corrected chi connectivity index (χ3v) is 3.70. The van der Waals surface area contributed by atoms with Crippen molar-refractivity contribution in [3.05, 3.63) is 46.5 Å². The van der Waals surface area contributed by atoms with Crippen molar-refractivity contribution in [2.75, 3.05) is 6.54 Å². The molecule has 0 saturated carbocycles. The molecule has 0 aliphatic heterocycles. The van der Waals surface area contributed by atoms with Crippen molar-refractivity contribution in [1.82, 2.24) is 20.1 Å². The summed E-state index contributed by atoms with van der Waals surface area (Å²) in [6.07, 6.45) is 2.61. The Bertz CT molecular complexity index is 509. The van der Waals surface area contributed by atoms with Crippen molar-refractivity contribution < 1.29 is 0 Å². The highest BCUT2D eigenvalue weighted by Crippen LogP contribution is 2.22. The Hall–Kier alpha value is -1.20. The van der Waals surface area contributed by atoms with Crippen molar-refractivity contribution in [3.63, 3.8) is 0 Å². The second-order valence-corrected chi connectivity index (χ2v) is 5.16. The van der Waals surface area contributed by atoms with E-state index in [2.05, 4.69) is 56.6 Å². The molecule has 0 amide bonds. The van der Waals surface area contributed by atoms with E-state index < -0.39 is 0 Å². The van der Waals surface area contributed by atoms with Gasteiger partial charge in [-0.15, -0.1) is 10.2 Å². The van der Waals surface area contributed by atoms with E-state index in [-0.39, 0.29) is 0 Å². The standard InChI is InChI=1S/C13H17BrN4/c1-10(11-5-3-4-6-12(11)14)15-8-7-13-17-16-9-18(13)2/h3-6,9-10,15H,7-8H2,1-2H3. The largest absolute Gasteiger partial charge is 0.321 e. The SMILES string of the molecule is CC(NCCc1nncn1C)c1ccccc1Br. The molecule has 0 radical (unpaired) electrons. The van der Waals surface area contributed by atoms with Crippen LogP contribution in [0.15, 0.2) is 35.1 Å². The molecule has 4 nitrogen and oxygen atoms in total. The van der Waals surface area contributed by atoms with Crippen LogP contribution < -0.4 is 5.32 Å². The highest BCUT2D eigenvalue weighted by molar-refractivity contribution is 9.10. The summed E-state index contributed by atoms with van der Waals surface area (Å²) in [4.78, 5) is 0. The third-order valence-electron chi connectivity index (χ3n) is 2.98. The number of hydrogen-bond acceptors (Lipinski definition) is 3. The molecule has 1 N–H and O–H groups in total. The Morgan fingerprint density at radius 2 is 2.17 bits per heavy atom. The first-order valence-corrected chi connectivity index (χ1v) is 6.78. The smallest absolute Gasteiger partial charge is 0.133 e. The zero-order chi connectivity index (χ0) is 13.0. The average Bonchev–Trinajstić information content (AvgIpc) is 2.75. The van der Waals surface area contributed by atoms with Gasteiger partial charge in [0.15, 0.2) is 0 Å². The minimum Gasteiger partial charge on any atom is -0.321 e. The fourth-order valence-corrected chi connectivity index (χ4v) is 2.50. The van der Waals surface area contributed by atoms with E-state index in [1.54, 1.807) is 6.33 Å². The molecule has 2 aromatic rings. The Balaban J connectivity index is 1.87. The first-order valence-electron chi connectivity index (χ1n) is 5.99. The number of halogens is 1. The van der Waals surface area contributed by atoms with Crippen LogP contribution in [0.4, 0.5) is 0 Å². The van der Waals surface area contributed by atoms with Crippen LogP contribution in [-0.4, -0.2) is 21.3 Å². The van der Waals surface area contributed by atoms with Gasteiger partial charge in [0.25, 0.3) is 0 Å². The molecule has 5 heteroatoms. The van der Waals surface area contributed by atoms with Gasteiger partial charge in [-0.2, -0.15) is 0 Å². The van der Waals surface area contributed by atoms with Gasteiger partial charge in [-0.3, -0.25) is 0 Å². The number of hydrogen-bond donors (Lipinski definition) is 1. The number of aryl methyl sites for hydroxylation is 1. The lowest BCUT2D eigenvalue weighted by atomic mass is 10.1. The minimum atomic E-state index is 0.314. The number of aromatic nitrogens is 3. The van der Waals surface area contributed by atoms with Gasteiger partial charge in [0.2, 0.25) is 0 Å². The normalized spacial score (nSPS) is 12.6. The fraction of sp³-hybridized carbons (Fsp3) is 0.385. The second kappa shape index (κ2) is 6.11. The van der Waals surface area contributed by atoms with Gasteiger partial charge in [0, 0.05) is 30.5 Å². The lowest BCUT2D eigenvalue weighted by molar-refractivity contribution is 0.563. The van der Waals surface area contributed by atoms with E-state index >= 15 is 0 Å². The van der Waals surface area contributed by atoms with Crippen molar-refractivity contribution in [2.45, 2.75) is 19.4 Å². The van der Waals surface area contributed by atoms with Gasteiger partial charge in [0.1, 0.15) is 12.2 Å². The van der Waals surface area contributed by atoms with E-state index in [9.17, 15) is 0 Å². The molecule has 0 aliphatic rings. The summed E-state index contributed by atoms with van der Waals surface area (Å²) in [6, 6.07) is 8.59. The maximum atomic E-state index is 4.07. The van der Waals surface area contributed by atoms with E-state index in [0.29, 0.717) is 6.04 Å². The summed E-state index contributed by atoms with van der Waals surface area (Å²) in [5, 5.41) is 11.4. The highest BCUT2D eigenvalue weighted by atomic mass is 79.9. The molecule has 2 rings (SSSR count). The molecule has 0 saturated heterocycles. The van der Waals surface area contributed by atoms with Crippen LogP contribution in [0.2, 0.25) is 0 Å². The second-order valence-electron chi connectivity index (χ2n) is 4.31. The van der Waals surface area contributed by atoms with Gasteiger partial charge in [-0.05, 0) is 18.6 Å². The Morgan fingerprint density at radius 3 is 2.83 bits per heavy atom. The molecule has 0 fully saturated rings. The molecule has 0 aliphatic carbocycles. The predicted octanol–water partition coefficient (Wildman–Crippen LogP) is 2.47. The van der Waals surface area contributed by atoms with Gasteiger partial charge in [-0.25, -0.2) is 0 Å². The summed E-state index contributed by atoms with van der Waals surface area (Å²) < 4.78 is 3.09.